The van der Waals surface area contributed by atoms with E-state index in [1.54, 1.807) is 20.8 Å². The van der Waals surface area contributed by atoms with Gasteiger partial charge in [-0.2, -0.15) is 5.26 Å². The summed E-state index contributed by atoms with van der Waals surface area (Å²) in [4.78, 5) is 24.9. The minimum Gasteiger partial charge on any atom is -0.462 e. The Labute approximate surface area is 147 Å². The molecule has 2 atom stereocenters. The Kier molecular flexibility index (Phi) is 8.11. The first-order valence-electron chi connectivity index (χ1n) is 8.12. The summed E-state index contributed by atoms with van der Waals surface area (Å²) in [6.07, 6.45) is 0.518. The van der Waals surface area contributed by atoms with Gasteiger partial charge >= 0.3 is 11.9 Å². The van der Waals surface area contributed by atoms with Crippen LogP contribution in [0.5, 0.6) is 0 Å². The normalized spacial score (nSPS) is 18.3. The summed E-state index contributed by atoms with van der Waals surface area (Å²) < 4.78 is 10.2. The lowest BCUT2D eigenvalue weighted by Gasteiger charge is -2.31. The van der Waals surface area contributed by atoms with Crippen molar-refractivity contribution < 1.29 is 24.2 Å². The van der Waals surface area contributed by atoms with Crippen molar-refractivity contribution in [3.63, 3.8) is 0 Å². The highest BCUT2D eigenvalue weighted by atomic mass is 16.5. The van der Waals surface area contributed by atoms with Gasteiger partial charge in [-0.05, 0) is 33.7 Å². The van der Waals surface area contributed by atoms with Crippen LogP contribution < -0.4 is 11.1 Å². The molecule has 138 valence electrons. The maximum absolute atomic E-state index is 12.5. The molecule has 4 N–H and O–H groups in total. The van der Waals surface area contributed by atoms with Crippen LogP contribution in [0.25, 0.3) is 0 Å². The van der Waals surface area contributed by atoms with Crippen LogP contribution in [0.2, 0.25) is 0 Å². The summed E-state index contributed by atoms with van der Waals surface area (Å²) in [7, 11) is 0. The van der Waals surface area contributed by atoms with Gasteiger partial charge in [-0.3, -0.25) is 0 Å². The van der Waals surface area contributed by atoms with E-state index in [4.69, 9.17) is 20.3 Å². The second-order valence-electron chi connectivity index (χ2n) is 5.74. The lowest BCUT2D eigenvalue weighted by atomic mass is 9.78. The molecule has 0 bridgehead atoms. The van der Waals surface area contributed by atoms with Gasteiger partial charge in [0.15, 0.2) is 0 Å². The molecule has 0 aromatic carbocycles. The van der Waals surface area contributed by atoms with Crippen molar-refractivity contribution in [3.8, 4) is 6.07 Å². The summed E-state index contributed by atoms with van der Waals surface area (Å²) in [5.74, 6) is -2.69. The van der Waals surface area contributed by atoms with Crippen LogP contribution >= 0.6 is 0 Å². The molecule has 0 aliphatic carbocycles. The molecular formula is C17H25N3O5. The highest BCUT2D eigenvalue weighted by Crippen LogP contribution is 2.36. The average Bonchev–Trinajstić information content (AvgIpc) is 2.58. The van der Waals surface area contributed by atoms with Gasteiger partial charge in [-0.1, -0.05) is 0 Å². The van der Waals surface area contributed by atoms with Gasteiger partial charge in [0.2, 0.25) is 0 Å². The first kappa shape index (κ1) is 20.7. The van der Waals surface area contributed by atoms with Gasteiger partial charge in [0.25, 0.3) is 0 Å². The minimum absolute atomic E-state index is 0.159. The Morgan fingerprint density at radius 1 is 1.24 bits per heavy atom. The van der Waals surface area contributed by atoms with E-state index in [9.17, 15) is 14.9 Å². The average molecular weight is 351 g/mol. The molecule has 8 heteroatoms. The van der Waals surface area contributed by atoms with Gasteiger partial charge < -0.3 is 25.6 Å². The maximum Gasteiger partial charge on any atom is 0.336 e. The molecule has 2 unspecified atom stereocenters. The van der Waals surface area contributed by atoms with Crippen molar-refractivity contribution in [3.05, 3.63) is 22.5 Å². The van der Waals surface area contributed by atoms with Crippen LogP contribution in [-0.4, -0.2) is 43.4 Å². The Balaban J connectivity index is 3.22. The summed E-state index contributed by atoms with van der Waals surface area (Å²) in [6, 6.07) is 2.09. The van der Waals surface area contributed by atoms with E-state index in [2.05, 4.69) is 11.4 Å². The molecule has 0 aromatic heterocycles. The second kappa shape index (κ2) is 9.81. The van der Waals surface area contributed by atoms with Crippen LogP contribution in [0.1, 0.15) is 27.2 Å². The van der Waals surface area contributed by atoms with E-state index >= 15 is 0 Å². The third-order valence-corrected chi connectivity index (χ3v) is 3.85. The Bertz CT molecular complexity index is 618. The standard InChI is InChI=1S/C17H25N3O5/c1-10(9-19)13-14(16(22)24-7-4-5-18)11(2)20-12(3)15(13)17(23)25-8-6-21/h10,13,20-21H,4-8,18H2,1-3H3. The number of esters is 2. The zero-order valence-corrected chi connectivity index (χ0v) is 14.8. The molecule has 0 fully saturated rings. The molecule has 0 saturated heterocycles. The zero-order chi connectivity index (χ0) is 19.0. The number of aliphatic hydroxyl groups excluding tert-OH is 1. The number of rotatable bonds is 8. The smallest absolute Gasteiger partial charge is 0.336 e. The number of hydrogen-bond acceptors (Lipinski definition) is 8. The van der Waals surface area contributed by atoms with E-state index in [0.29, 0.717) is 24.4 Å². The van der Waals surface area contributed by atoms with Crippen molar-refractivity contribution in [2.24, 2.45) is 17.6 Å². The molecule has 0 saturated carbocycles. The van der Waals surface area contributed by atoms with E-state index < -0.39 is 23.8 Å². The van der Waals surface area contributed by atoms with Crippen LogP contribution in [0.3, 0.4) is 0 Å². The molecule has 0 amide bonds. The number of allylic oxidation sites excluding steroid dienone is 2. The van der Waals surface area contributed by atoms with E-state index in [1.807, 2.05) is 0 Å². The van der Waals surface area contributed by atoms with Crippen LogP contribution in [0.15, 0.2) is 22.5 Å². The first-order chi connectivity index (χ1) is 11.9. The third-order valence-electron chi connectivity index (χ3n) is 3.85. The minimum atomic E-state index is -0.775. The monoisotopic (exact) mass is 351 g/mol. The number of nitrogens with one attached hydrogen (secondary N) is 1. The number of carbonyl (C=O) groups is 2. The quantitative estimate of drug-likeness (QED) is 0.421. The van der Waals surface area contributed by atoms with E-state index in [1.165, 1.54) is 0 Å². The number of nitrogens with two attached hydrogens (primary N) is 1. The fourth-order valence-electron chi connectivity index (χ4n) is 2.70. The van der Waals surface area contributed by atoms with Crippen molar-refractivity contribution in [1.82, 2.24) is 5.32 Å². The van der Waals surface area contributed by atoms with Gasteiger partial charge in [0.05, 0.1) is 36.3 Å². The summed E-state index contributed by atoms with van der Waals surface area (Å²) in [6.45, 7) is 5.06. The van der Waals surface area contributed by atoms with Crippen LogP contribution in [0.4, 0.5) is 0 Å². The number of dihydropyridines is 1. The number of hydrogen-bond donors (Lipinski definition) is 3. The van der Waals surface area contributed by atoms with Gasteiger partial charge in [0.1, 0.15) is 6.61 Å². The molecule has 0 spiro atoms. The Morgan fingerprint density at radius 2 is 1.76 bits per heavy atom. The van der Waals surface area contributed by atoms with Crippen molar-refractivity contribution in [2.45, 2.75) is 27.2 Å². The molecule has 0 radical (unpaired) electrons. The highest BCUT2D eigenvalue weighted by Gasteiger charge is 2.40. The number of nitriles is 1. The lowest BCUT2D eigenvalue weighted by molar-refractivity contribution is -0.141. The summed E-state index contributed by atoms with van der Waals surface area (Å²) in [5.41, 5.74) is 6.85. The molecule has 8 nitrogen and oxygen atoms in total. The van der Waals surface area contributed by atoms with Gasteiger partial charge in [-0.15, -0.1) is 0 Å². The van der Waals surface area contributed by atoms with Crippen LogP contribution in [0, 0.1) is 23.2 Å². The largest absolute Gasteiger partial charge is 0.462 e. The summed E-state index contributed by atoms with van der Waals surface area (Å²) in [5, 5.41) is 21.2. The summed E-state index contributed by atoms with van der Waals surface area (Å²) >= 11 is 0. The van der Waals surface area contributed by atoms with Crippen molar-refractivity contribution >= 4 is 11.9 Å². The third kappa shape index (κ3) is 5.05. The first-order valence-corrected chi connectivity index (χ1v) is 8.12. The molecule has 1 aliphatic rings. The lowest BCUT2D eigenvalue weighted by Crippen LogP contribution is -2.36. The topological polar surface area (TPSA) is 135 Å². The Hall–Kier alpha value is -2.37. The second-order valence-corrected chi connectivity index (χ2v) is 5.74. The van der Waals surface area contributed by atoms with Gasteiger partial charge in [-0.25, -0.2) is 9.59 Å². The van der Waals surface area contributed by atoms with E-state index in [0.717, 1.165) is 0 Å². The maximum atomic E-state index is 12.5. The predicted molar refractivity (Wildman–Crippen MR) is 89.5 cm³/mol. The van der Waals surface area contributed by atoms with Crippen molar-refractivity contribution in [2.75, 3.05) is 26.4 Å². The molecule has 1 rings (SSSR count). The number of aliphatic hydroxyl groups is 1. The molecule has 1 heterocycles. The highest BCUT2D eigenvalue weighted by molar-refractivity contribution is 5.98. The molecule has 25 heavy (non-hydrogen) atoms. The molecular weight excluding hydrogens is 326 g/mol. The van der Waals surface area contributed by atoms with Crippen LogP contribution in [-0.2, 0) is 19.1 Å². The fourth-order valence-corrected chi connectivity index (χ4v) is 2.70. The SMILES string of the molecule is CC1=C(C(=O)OCCO)C(C(C)C#N)C(C(=O)OCCCN)=C(C)N1. The number of carbonyl (C=O) groups excluding carboxylic acids is 2. The molecule has 0 aromatic rings. The fraction of sp³-hybridized carbons (Fsp3) is 0.588. The predicted octanol–water partition coefficient (Wildman–Crippen LogP) is 0.341. The molecule has 1 aliphatic heterocycles. The van der Waals surface area contributed by atoms with E-state index in [-0.39, 0.29) is 31.0 Å². The zero-order valence-electron chi connectivity index (χ0n) is 14.8. The number of nitrogens with zero attached hydrogens (tertiary/aromatic N) is 1. The Morgan fingerprint density at radius 3 is 2.20 bits per heavy atom. The number of ether oxygens (including phenoxy) is 2. The van der Waals surface area contributed by atoms with Crippen molar-refractivity contribution in [1.29, 1.82) is 5.26 Å². The van der Waals surface area contributed by atoms with Gasteiger partial charge in [0, 0.05) is 17.3 Å².